The van der Waals surface area contributed by atoms with Crippen LogP contribution in [0.15, 0.2) is 36.8 Å². The molecule has 0 bridgehead atoms. The molecule has 0 atom stereocenters. The van der Waals surface area contributed by atoms with E-state index in [9.17, 15) is 0 Å². The van der Waals surface area contributed by atoms with E-state index >= 15 is 0 Å². The second kappa shape index (κ2) is 7.45. The molecule has 0 unspecified atom stereocenters. The number of nitrogens with zero attached hydrogens (tertiary/aromatic N) is 2. The Labute approximate surface area is 119 Å². The molecule has 1 aromatic carbocycles. The molecule has 0 radical (unpaired) electrons. The number of benzene rings is 1. The summed E-state index contributed by atoms with van der Waals surface area (Å²) >= 11 is 0. The number of methoxy groups -OCH3 is 1. The quantitative estimate of drug-likeness (QED) is 0.838. The van der Waals surface area contributed by atoms with Gasteiger partial charge >= 0.3 is 0 Å². The van der Waals surface area contributed by atoms with Crippen molar-refractivity contribution in [1.29, 1.82) is 0 Å². The van der Waals surface area contributed by atoms with Gasteiger partial charge in [0, 0.05) is 19.3 Å². The lowest BCUT2D eigenvalue weighted by Gasteiger charge is -2.11. The van der Waals surface area contributed by atoms with Gasteiger partial charge in [0.15, 0.2) is 11.5 Å². The second-order valence-corrected chi connectivity index (χ2v) is 4.22. The summed E-state index contributed by atoms with van der Waals surface area (Å²) in [6, 6.07) is 7.84. The van der Waals surface area contributed by atoms with Gasteiger partial charge in [0.05, 0.1) is 19.4 Å². The minimum absolute atomic E-state index is 0.627. The van der Waals surface area contributed by atoms with E-state index in [-0.39, 0.29) is 0 Å². The number of aromatic nitrogens is 2. The minimum atomic E-state index is 0.627. The predicted molar refractivity (Wildman–Crippen MR) is 76.7 cm³/mol. The average molecular weight is 273 g/mol. The van der Waals surface area contributed by atoms with Gasteiger partial charge in [-0.1, -0.05) is 6.07 Å². The number of rotatable bonds is 7. The molecule has 0 saturated carbocycles. The molecule has 5 nitrogen and oxygen atoms in total. The Hall–Kier alpha value is -2.14. The standard InChI is InChI=1S/C15H19N3O2/c1-3-20-14-5-4-12(8-15(14)19-2)9-17-10-13-6-7-16-11-18-13/h4-8,11,17H,3,9-10H2,1-2H3. The first-order chi connectivity index (χ1) is 9.83. The number of nitrogens with one attached hydrogen (secondary N) is 1. The van der Waals surface area contributed by atoms with Crippen LogP contribution in [-0.2, 0) is 13.1 Å². The third-order valence-corrected chi connectivity index (χ3v) is 2.81. The highest BCUT2D eigenvalue weighted by Gasteiger charge is 2.05. The van der Waals surface area contributed by atoms with Crippen LogP contribution in [0.4, 0.5) is 0 Å². The van der Waals surface area contributed by atoms with E-state index in [2.05, 4.69) is 15.3 Å². The van der Waals surface area contributed by atoms with Gasteiger partial charge in [0.2, 0.25) is 0 Å². The van der Waals surface area contributed by atoms with Crippen LogP contribution in [0.1, 0.15) is 18.2 Å². The van der Waals surface area contributed by atoms with Gasteiger partial charge in [-0.2, -0.15) is 0 Å². The summed E-state index contributed by atoms with van der Waals surface area (Å²) in [6.07, 6.45) is 3.29. The van der Waals surface area contributed by atoms with Crippen LogP contribution in [0.25, 0.3) is 0 Å². The van der Waals surface area contributed by atoms with Crippen LogP contribution in [0.5, 0.6) is 11.5 Å². The van der Waals surface area contributed by atoms with Gasteiger partial charge in [0.1, 0.15) is 6.33 Å². The fourth-order valence-electron chi connectivity index (χ4n) is 1.85. The molecule has 0 aliphatic heterocycles. The predicted octanol–water partition coefficient (Wildman–Crippen LogP) is 2.17. The van der Waals surface area contributed by atoms with Crippen molar-refractivity contribution in [2.24, 2.45) is 0 Å². The maximum Gasteiger partial charge on any atom is 0.161 e. The normalized spacial score (nSPS) is 10.3. The molecule has 20 heavy (non-hydrogen) atoms. The highest BCUT2D eigenvalue weighted by atomic mass is 16.5. The van der Waals surface area contributed by atoms with Crippen molar-refractivity contribution >= 4 is 0 Å². The highest BCUT2D eigenvalue weighted by molar-refractivity contribution is 5.42. The molecule has 5 heteroatoms. The van der Waals surface area contributed by atoms with E-state index in [4.69, 9.17) is 9.47 Å². The van der Waals surface area contributed by atoms with E-state index < -0.39 is 0 Å². The molecule has 1 heterocycles. The van der Waals surface area contributed by atoms with Crippen molar-refractivity contribution in [2.45, 2.75) is 20.0 Å². The third-order valence-electron chi connectivity index (χ3n) is 2.81. The number of hydrogen-bond donors (Lipinski definition) is 1. The summed E-state index contributed by atoms with van der Waals surface area (Å²) in [4.78, 5) is 8.06. The van der Waals surface area contributed by atoms with Crippen molar-refractivity contribution in [3.05, 3.63) is 48.0 Å². The van der Waals surface area contributed by atoms with Crippen molar-refractivity contribution in [3.8, 4) is 11.5 Å². The Morgan fingerprint density at radius 3 is 2.75 bits per heavy atom. The molecular formula is C15H19N3O2. The maximum absolute atomic E-state index is 5.49. The van der Waals surface area contributed by atoms with Gasteiger partial charge in [-0.05, 0) is 30.7 Å². The van der Waals surface area contributed by atoms with Gasteiger partial charge < -0.3 is 14.8 Å². The fraction of sp³-hybridized carbons (Fsp3) is 0.333. The zero-order chi connectivity index (χ0) is 14.2. The van der Waals surface area contributed by atoms with Crippen molar-refractivity contribution in [3.63, 3.8) is 0 Å². The molecule has 0 fully saturated rings. The summed E-state index contributed by atoms with van der Waals surface area (Å²) in [5.41, 5.74) is 2.11. The Kier molecular flexibility index (Phi) is 5.32. The lowest BCUT2D eigenvalue weighted by atomic mass is 10.2. The van der Waals surface area contributed by atoms with Crippen LogP contribution < -0.4 is 14.8 Å². The minimum Gasteiger partial charge on any atom is -0.493 e. The van der Waals surface area contributed by atoms with Crippen LogP contribution in [0.3, 0.4) is 0 Å². The lowest BCUT2D eigenvalue weighted by Crippen LogP contribution is -2.13. The van der Waals surface area contributed by atoms with Crippen LogP contribution in [-0.4, -0.2) is 23.7 Å². The highest BCUT2D eigenvalue weighted by Crippen LogP contribution is 2.27. The van der Waals surface area contributed by atoms with Gasteiger partial charge in [-0.15, -0.1) is 0 Å². The first-order valence-corrected chi connectivity index (χ1v) is 6.58. The third kappa shape index (κ3) is 3.93. The molecule has 0 amide bonds. The Morgan fingerprint density at radius 2 is 2.05 bits per heavy atom. The summed E-state index contributed by atoms with van der Waals surface area (Å²) in [5.74, 6) is 1.53. The van der Waals surface area contributed by atoms with E-state index in [0.29, 0.717) is 13.2 Å². The Bertz CT molecular complexity index is 532. The van der Waals surface area contributed by atoms with Gasteiger partial charge in [-0.3, -0.25) is 0 Å². The Morgan fingerprint density at radius 1 is 1.15 bits per heavy atom. The summed E-state index contributed by atoms with van der Waals surface area (Å²) in [7, 11) is 1.65. The monoisotopic (exact) mass is 273 g/mol. The Balaban J connectivity index is 1.93. The molecule has 2 rings (SSSR count). The van der Waals surface area contributed by atoms with E-state index in [1.165, 1.54) is 0 Å². The molecule has 106 valence electrons. The maximum atomic E-state index is 5.49. The first-order valence-electron chi connectivity index (χ1n) is 6.58. The van der Waals surface area contributed by atoms with Gasteiger partial charge in [-0.25, -0.2) is 9.97 Å². The van der Waals surface area contributed by atoms with E-state index in [1.54, 1.807) is 19.6 Å². The summed E-state index contributed by atoms with van der Waals surface area (Å²) in [5, 5.41) is 3.33. The summed E-state index contributed by atoms with van der Waals surface area (Å²) < 4.78 is 10.8. The molecule has 0 spiro atoms. The van der Waals surface area contributed by atoms with Crippen molar-refractivity contribution in [2.75, 3.05) is 13.7 Å². The molecule has 0 saturated heterocycles. The van der Waals surface area contributed by atoms with Crippen molar-refractivity contribution in [1.82, 2.24) is 15.3 Å². The number of ether oxygens (including phenoxy) is 2. The smallest absolute Gasteiger partial charge is 0.161 e. The zero-order valence-corrected chi connectivity index (χ0v) is 11.8. The van der Waals surface area contributed by atoms with Crippen molar-refractivity contribution < 1.29 is 9.47 Å². The lowest BCUT2D eigenvalue weighted by molar-refractivity contribution is 0.310. The SMILES string of the molecule is CCOc1ccc(CNCc2ccncn2)cc1OC. The van der Waals surface area contributed by atoms with Crippen LogP contribution in [0, 0.1) is 0 Å². The zero-order valence-electron chi connectivity index (χ0n) is 11.8. The fourth-order valence-corrected chi connectivity index (χ4v) is 1.85. The number of hydrogen-bond acceptors (Lipinski definition) is 5. The molecule has 0 aliphatic carbocycles. The first kappa shape index (κ1) is 14.3. The van der Waals surface area contributed by atoms with E-state index in [1.807, 2.05) is 31.2 Å². The van der Waals surface area contributed by atoms with Crippen LogP contribution in [0.2, 0.25) is 0 Å². The average Bonchev–Trinajstić information content (AvgIpc) is 2.50. The molecule has 1 aromatic heterocycles. The topological polar surface area (TPSA) is 56.3 Å². The van der Waals surface area contributed by atoms with Gasteiger partial charge in [0.25, 0.3) is 0 Å². The largest absolute Gasteiger partial charge is 0.493 e. The summed E-state index contributed by atoms with van der Waals surface area (Å²) in [6.45, 7) is 4.03. The molecule has 2 aromatic rings. The molecule has 1 N–H and O–H groups in total. The molecular weight excluding hydrogens is 254 g/mol. The second-order valence-electron chi connectivity index (χ2n) is 4.22. The van der Waals surface area contributed by atoms with E-state index in [0.717, 1.165) is 29.3 Å². The van der Waals surface area contributed by atoms with Crippen LogP contribution >= 0.6 is 0 Å². The molecule has 0 aliphatic rings.